The van der Waals surface area contributed by atoms with Crippen molar-refractivity contribution in [2.24, 2.45) is 0 Å². The molecule has 0 atom stereocenters. The van der Waals surface area contributed by atoms with E-state index >= 15 is 0 Å². The average Bonchev–Trinajstić information content (AvgIpc) is 2.75. The number of halogens is 1. The van der Waals surface area contributed by atoms with Crippen LogP contribution in [0.25, 0.3) is 10.8 Å². The molecule has 0 aliphatic carbocycles. The highest BCUT2D eigenvalue weighted by Crippen LogP contribution is 2.24. The normalized spacial score (nSPS) is 10.7. The Labute approximate surface area is 177 Å². The van der Waals surface area contributed by atoms with Crippen molar-refractivity contribution >= 4 is 44.1 Å². The van der Waals surface area contributed by atoms with E-state index in [2.05, 4.69) is 21.2 Å². The molecule has 0 fully saturated rings. The fourth-order valence-electron chi connectivity index (χ4n) is 3.29. The van der Waals surface area contributed by atoms with Crippen LogP contribution in [0.1, 0.15) is 21.5 Å². The zero-order valence-electron chi connectivity index (χ0n) is 15.6. The molecular weight excluding hydrogens is 426 g/mol. The lowest BCUT2D eigenvalue weighted by molar-refractivity contribution is -0.115. The summed E-state index contributed by atoms with van der Waals surface area (Å²) in [7, 11) is 0. The van der Waals surface area contributed by atoms with Crippen molar-refractivity contribution < 1.29 is 9.59 Å². The highest BCUT2D eigenvalue weighted by molar-refractivity contribution is 9.10. The molecule has 0 bridgehead atoms. The van der Waals surface area contributed by atoms with E-state index in [1.807, 2.05) is 66.7 Å². The van der Waals surface area contributed by atoms with E-state index in [-0.39, 0.29) is 18.1 Å². The minimum Gasteiger partial charge on any atom is -0.325 e. The smallest absolute Gasteiger partial charge is 0.228 e. The lowest BCUT2D eigenvalue weighted by Crippen LogP contribution is -2.17. The minimum absolute atomic E-state index is 0.132. The van der Waals surface area contributed by atoms with E-state index in [1.165, 1.54) is 0 Å². The molecule has 1 amide bonds. The SMILES string of the molecule is O=C(Cc1ccc2ccccc2c1)Nc1ccc(Br)cc1C(=O)c1ccccc1. The van der Waals surface area contributed by atoms with Crippen LogP contribution in [0, 0.1) is 0 Å². The van der Waals surface area contributed by atoms with Crippen molar-refractivity contribution in [3.05, 3.63) is 112 Å². The van der Waals surface area contributed by atoms with Gasteiger partial charge < -0.3 is 5.32 Å². The van der Waals surface area contributed by atoms with Crippen LogP contribution >= 0.6 is 15.9 Å². The summed E-state index contributed by atoms with van der Waals surface area (Å²) in [6.07, 6.45) is 0.236. The van der Waals surface area contributed by atoms with E-state index in [1.54, 1.807) is 24.3 Å². The van der Waals surface area contributed by atoms with Gasteiger partial charge in [0.1, 0.15) is 0 Å². The van der Waals surface area contributed by atoms with Crippen LogP contribution in [0.15, 0.2) is 95.5 Å². The van der Waals surface area contributed by atoms with Gasteiger partial charge in [-0.1, -0.05) is 88.7 Å². The molecule has 0 spiro atoms. The summed E-state index contributed by atoms with van der Waals surface area (Å²) in [6, 6.07) is 28.4. The number of hydrogen-bond donors (Lipinski definition) is 1. The molecule has 4 rings (SSSR count). The quantitative estimate of drug-likeness (QED) is 0.383. The molecule has 0 aliphatic heterocycles. The standard InChI is InChI=1S/C25H18BrNO2/c26-21-12-13-23(22(16-21)25(29)19-7-2-1-3-8-19)27-24(28)15-17-10-11-18-6-4-5-9-20(18)14-17/h1-14,16H,15H2,(H,27,28). The van der Waals surface area contributed by atoms with Gasteiger partial charge in [0.25, 0.3) is 0 Å². The third-order valence-corrected chi connectivity index (χ3v) is 5.21. The van der Waals surface area contributed by atoms with Crippen molar-refractivity contribution in [2.75, 3.05) is 5.32 Å². The highest BCUT2D eigenvalue weighted by Gasteiger charge is 2.16. The number of ketones is 1. The molecule has 1 N–H and O–H groups in total. The Morgan fingerprint density at radius 1 is 0.759 bits per heavy atom. The maximum atomic E-state index is 12.9. The van der Waals surface area contributed by atoms with Crippen LogP contribution < -0.4 is 5.32 Å². The molecule has 0 aromatic heterocycles. The number of carbonyl (C=O) groups is 2. The number of rotatable bonds is 5. The second-order valence-corrected chi connectivity index (χ2v) is 7.71. The Kier molecular flexibility index (Phi) is 5.54. The molecule has 0 aliphatic rings. The fraction of sp³-hybridized carbons (Fsp3) is 0.0400. The van der Waals surface area contributed by atoms with Gasteiger partial charge in [-0.3, -0.25) is 9.59 Å². The van der Waals surface area contributed by atoms with E-state index < -0.39 is 0 Å². The Hall–Kier alpha value is -3.24. The number of anilines is 1. The van der Waals surface area contributed by atoms with Crippen molar-refractivity contribution in [3.63, 3.8) is 0 Å². The molecule has 4 heteroatoms. The predicted molar refractivity (Wildman–Crippen MR) is 120 cm³/mol. The zero-order chi connectivity index (χ0) is 20.2. The first-order chi connectivity index (χ1) is 14.1. The molecular formula is C25H18BrNO2. The maximum Gasteiger partial charge on any atom is 0.228 e. The molecule has 4 aromatic rings. The van der Waals surface area contributed by atoms with Crippen molar-refractivity contribution in [2.45, 2.75) is 6.42 Å². The molecule has 29 heavy (non-hydrogen) atoms. The van der Waals surface area contributed by atoms with Crippen molar-refractivity contribution in [1.82, 2.24) is 0 Å². The molecule has 3 nitrogen and oxygen atoms in total. The molecule has 0 saturated carbocycles. The van der Waals surface area contributed by atoms with Gasteiger partial charge >= 0.3 is 0 Å². The van der Waals surface area contributed by atoms with Gasteiger partial charge in [0.05, 0.1) is 12.1 Å². The summed E-state index contributed by atoms with van der Waals surface area (Å²) in [6.45, 7) is 0. The van der Waals surface area contributed by atoms with Crippen LogP contribution in [0.4, 0.5) is 5.69 Å². The van der Waals surface area contributed by atoms with Gasteiger partial charge in [-0.25, -0.2) is 0 Å². The number of benzene rings is 4. The summed E-state index contributed by atoms with van der Waals surface area (Å²) in [5, 5.41) is 5.14. The van der Waals surface area contributed by atoms with Gasteiger partial charge in [0.15, 0.2) is 5.78 Å². The summed E-state index contributed by atoms with van der Waals surface area (Å²) in [5.74, 6) is -0.294. The van der Waals surface area contributed by atoms with Crippen LogP contribution in [0.2, 0.25) is 0 Å². The lowest BCUT2D eigenvalue weighted by Gasteiger charge is -2.12. The second kappa shape index (κ2) is 8.41. The largest absolute Gasteiger partial charge is 0.325 e. The number of nitrogens with one attached hydrogen (secondary N) is 1. The number of fused-ring (bicyclic) bond motifs is 1. The Bertz CT molecular complexity index is 1200. The Balaban J connectivity index is 1.57. The highest BCUT2D eigenvalue weighted by atomic mass is 79.9. The zero-order valence-corrected chi connectivity index (χ0v) is 17.1. The van der Waals surface area contributed by atoms with Gasteiger partial charge in [0.2, 0.25) is 5.91 Å². The summed E-state index contributed by atoms with van der Waals surface area (Å²) >= 11 is 3.42. The molecule has 0 radical (unpaired) electrons. The van der Waals surface area contributed by atoms with E-state index in [0.29, 0.717) is 16.8 Å². The molecule has 142 valence electrons. The van der Waals surface area contributed by atoms with Crippen molar-refractivity contribution in [1.29, 1.82) is 0 Å². The third-order valence-electron chi connectivity index (χ3n) is 4.71. The predicted octanol–water partition coefficient (Wildman–Crippen LogP) is 6.01. The fourth-order valence-corrected chi connectivity index (χ4v) is 3.65. The molecule has 0 unspecified atom stereocenters. The number of amides is 1. The average molecular weight is 444 g/mol. The molecule has 4 aromatic carbocycles. The third kappa shape index (κ3) is 4.44. The van der Waals surface area contributed by atoms with Crippen LogP contribution in [0.5, 0.6) is 0 Å². The first kappa shape index (κ1) is 19.1. The topological polar surface area (TPSA) is 46.2 Å². The molecule has 0 heterocycles. The lowest BCUT2D eigenvalue weighted by atomic mass is 10.0. The first-order valence-electron chi connectivity index (χ1n) is 9.27. The van der Waals surface area contributed by atoms with E-state index in [9.17, 15) is 9.59 Å². The van der Waals surface area contributed by atoms with Gasteiger partial charge in [0, 0.05) is 15.6 Å². The van der Waals surface area contributed by atoms with E-state index in [4.69, 9.17) is 0 Å². The summed E-state index contributed by atoms with van der Waals surface area (Å²) in [4.78, 5) is 25.6. The summed E-state index contributed by atoms with van der Waals surface area (Å²) in [5.41, 5.74) is 2.47. The van der Waals surface area contributed by atoms with Gasteiger partial charge in [-0.05, 0) is 34.5 Å². The van der Waals surface area contributed by atoms with Crippen LogP contribution in [-0.4, -0.2) is 11.7 Å². The number of carbonyl (C=O) groups excluding carboxylic acids is 2. The van der Waals surface area contributed by atoms with E-state index in [0.717, 1.165) is 20.8 Å². The monoisotopic (exact) mass is 443 g/mol. The first-order valence-corrected chi connectivity index (χ1v) is 10.1. The molecule has 0 saturated heterocycles. The van der Waals surface area contributed by atoms with Gasteiger partial charge in [-0.15, -0.1) is 0 Å². The number of hydrogen-bond acceptors (Lipinski definition) is 2. The summed E-state index contributed by atoms with van der Waals surface area (Å²) < 4.78 is 0.782. The van der Waals surface area contributed by atoms with Crippen LogP contribution in [-0.2, 0) is 11.2 Å². The van der Waals surface area contributed by atoms with Crippen molar-refractivity contribution in [3.8, 4) is 0 Å². The maximum absolute atomic E-state index is 12.9. The second-order valence-electron chi connectivity index (χ2n) is 6.79. The minimum atomic E-state index is -0.162. The van der Waals surface area contributed by atoms with Crippen LogP contribution in [0.3, 0.4) is 0 Å². The van der Waals surface area contributed by atoms with Gasteiger partial charge in [-0.2, -0.15) is 0 Å². The Morgan fingerprint density at radius 3 is 2.28 bits per heavy atom. The Morgan fingerprint density at radius 2 is 1.48 bits per heavy atom.